The molecule has 4 heteroatoms. The number of fused-ring (bicyclic) bond motifs is 1. The lowest BCUT2D eigenvalue weighted by Crippen LogP contribution is -2.49. The van der Waals surface area contributed by atoms with Gasteiger partial charge in [0.05, 0.1) is 5.69 Å². The SMILES string of the molecule is CC(C)C1Oc2ccc(C(C)(C)C)cc2N(CCCN)C1=O. The van der Waals surface area contributed by atoms with Crippen LogP contribution in [-0.4, -0.2) is 25.1 Å². The number of hydrogen-bond acceptors (Lipinski definition) is 3. The molecule has 1 aromatic carbocycles. The molecule has 0 fully saturated rings. The molecule has 0 radical (unpaired) electrons. The van der Waals surface area contributed by atoms with Gasteiger partial charge in [-0.1, -0.05) is 40.7 Å². The Kier molecular flexibility index (Phi) is 4.81. The molecular formula is C18H28N2O2. The van der Waals surface area contributed by atoms with E-state index < -0.39 is 6.10 Å². The van der Waals surface area contributed by atoms with Gasteiger partial charge < -0.3 is 15.4 Å². The molecular weight excluding hydrogens is 276 g/mol. The highest BCUT2D eigenvalue weighted by atomic mass is 16.5. The third-order valence-corrected chi connectivity index (χ3v) is 4.07. The molecule has 0 aliphatic carbocycles. The monoisotopic (exact) mass is 304 g/mol. The average Bonchev–Trinajstić information content (AvgIpc) is 2.44. The van der Waals surface area contributed by atoms with Crippen molar-refractivity contribution in [1.29, 1.82) is 0 Å². The van der Waals surface area contributed by atoms with E-state index in [1.165, 1.54) is 5.56 Å². The average molecular weight is 304 g/mol. The number of nitrogens with two attached hydrogens (primary N) is 1. The fraction of sp³-hybridized carbons (Fsp3) is 0.611. The van der Waals surface area contributed by atoms with Gasteiger partial charge in [-0.05, 0) is 42.0 Å². The maximum atomic E-state index is 12.8. The molecule has 122 valence electrons. The normalized spacial score (nSPS) is 18.4. The van der Waals surface area contributed by atoms with Gasteiger partial charge in [-0.2, -0.15) is 0 Å². The van der Waals surface area contributed by atoms with Crippen molar-refractivity contribution in [2.45, 2.75) is 52.6 Å². The van der Waals surface area contributed by atoms with Crippen LogP contribution in [0.1, 0.15) is 46.6 Å². The molecule has 22 heavy (non-hydrogen) atoms. The van der Waals surface area contributed by atoms with Crippen LogP contribution in [0.2, 0.25) is 0 Å². The largest absolute Gasteiger partial charge is 0.478 e. The van der Waals surface area contributed by atoms with E-state index in [-0.39, 0.29) is 17.2 Å². The van der Waals surface area contributed by atoms with Crippen LogP contribution in [0.15, 0.2) is 18.2 Å². The summed E-state index contributed by atoms with van der Waals surface area (Å²) in [4.78, 5) is 14.6. The molecule has 2 rings (SSSR count). The highest BCUT2D eigenvalue weighted by molar-refractivity contribution is 6.00. The molecule has 1 atom stereocenters. The molecule has 0 saturated heterocycles. The molecule has 0 bridgehead atoms. The van der Waals surface area contributed by atoms with Gasteiger partial charge in [0.2, 0.25) is 0 Å². The van der Waals surface area contributed by atoms with Crippen molar-refractivity contribution in [1.82, 2.24) is 0 Å². The quantitative estimate of drug-likeness (QED) is 0.930. The second-order valence-electron chi connectivity index (χ2n) is 7.35. The van der Waals surface area contributed by atoms with Gasteiger partial charge in [0.25, 0.3) is 5.91 Å². The number of anilines is 1. The number of benzene rings is 1. The Morgan fingerprint density at radius 3 is 2.55 bits per heavy atom. The Balaban J connectivity index is 2.45. The molecule has 1 unspecified atom stereocenters. The molecule has 1 aromatic rings. The molecule has 1 aliphatic rings. The first-order chi connectivity index (χ1) is 10.3. The molecule has 4 nitrogen and oxygen atoms in total. The number of hydrogen-bond donors (Lipinski definition) is 1. The van der Waals surface area contributed by atoms with E-state index in [4.69, 9.17) is 10.5 Å². The molecule has 1 amide bonds. The summed E-state index contributed by atoms with van der Waals surface area (Å²) >= 11 is 0. The number of ether oxygens (including phenoxy) is 1. The minimum Gasteiger partial charge on any atom is -0.478 e. The van der Waals surface area contributed by atoms with Gasteiger partial charge in [-0.3, -0.25) is 4.79 Å². The number of amides is 1. The summed E-state index contributed by atoms with van der Waals surface area (Å²) in [7, 11) is 0. The van der Waals surface area contributed by atoms with Crippen LogP contribution < -0.4 is 15.4 Å². The molecule has 2 N–H and O–H groups in total. The number of rotatable bonds is 4. The Bertz CT molecular complexity index is 547. The van der Waals surface area contributed by atoms with E-state index in [0.29, 0.717) is 13.1 Å². The minimum absolute atomic E-state index is 0.0342. The van der Waals surface area contributed by atoms with Gasteiger partial charge in [0.1, 0.15) is 5.75 Å². The second-order valence-corrected chi connectivity index (χ2v) is 7.35. The zero-order valence-electron chi connectivity index (χ0n) is 14.3. The first-order valence-corrected chi connectivity index (χ1v) is 8.08. The predicted molar refractivity (Wildman–Crippen MR) is 90.4 cm³/mol. The Hall–Kier alpha value is -1.55. The maximum Gasteiger partial charge on any atom is 0.268 e. The van der Waals surface area contributed by atoms with E-state index in [0.717, 1.165) is 17.9 Å². The third-order valence-electron chi connectivity index (χ3n) is 4.07. The van der Waals surface area contributed by atoms with Gasteiger partial charge in [-0.25, -0.2) is 0 Å². The maximum absolute atomic E-state index is 12.8. The Labute approximate surface area is 133 Å². The van der Waals surface area contributed by atoms with Crippen LogP contribution >= 0.6 is 0 Å². The highest BCUT2D eigenvalue weighted by Crippen LogP contribution is 2.39. The van der Waals surface area contributed by atoms with Crippen molar-refractivity contribution in [2.24, 2.45) is 11.7 Å². The van der Waals surface area contributed by atoms with Crippen LogP contribution in [0.25, 0.3) is 0 Å². The van der Waals surface area contributed by atoms with Gasteiger partial charge >= 0.3 is 0 Å². The van der Waals surface area contributed by atoms with E-state index in [2.05, 4.69) is 32.9 Å². The molecule has 0 saturated carbocycles. The van der Waals surface area contributed by atoms with Gasteiger partial charge in [-0.15, -0.1) is 0 Å². The van der Waals surface area contributed by atoms with Crippen molar-refractivity contribution in [3.05, 3.63) is 23.8 Å². The van der Waals surface area contributed by atoms with Crippen LogP contribution in [0.3, 0.4) is 0 Å². The lowest BCUT2D eigenvalue weighted by molar-refractivity contribution is -0.128. The summed E-state index contributed by atoms with van der Waals surface area (Å²) in [6, 6.07) is 6.17. The smallest absolute Gasteiger partial charge is 0.268 e. The molecule has 0 aromatic heterocycles. The van der Waals surface area contributed by atoms with Crippen LogP contribution in [0.4, 0.5) is 5.69 Å². The molecule has 0 spiro atoms. The van der Waals surface area contributed by atoms with E-state index in [1.807, 2.05) is 24.8 Å². The van der Waals surface area contributed by atoms with Gasteiger partial charge in [0.15, 0.2) is 6.10 Å². The van der Waals surface area contributed by atoms with Gasteiger partial charge in [0, 0.05) is 6.54 Å². The first-order valence-electron chi connectivity index (χ1n) is 8.08. The lowest BCUT2D eigenvalue weighted by atomic mass is 9.86. The molecule has 1 aliphatic heterocycles. The second kappa shape index (κ2) is 6.29. The summed E-state index contributed by atoms with van der Waals surface area (Å²) in [6.07, 6.45) is 0.376. The third kappa shape index (κ3) is 3.27. The van der Waals surface area contributed by atoms with Crippen LogP contribution in [0, 0.1) is 5.92 Å². The van der Waals surface area contributed by atoms with Crippen LogP contribution in [-0.2, 0) is 10.2 Å². The topological polar surface area (TPSA) is 55.6 Å². The van der Waals surface area contributed by atoms with Crippen LogP contribution in [0.5, 0.6) is 5.75 Å². The summed E-state index contributed by atoms with van der Waals surface area (Å²) in [5, 5.41) is 0. The predicted octanol–water partition coefficient (Wildman–Crippen LogP) is 3.08. The number of carbonyl (C=O) groups excluding carboxylic acids is 1. The Morgan fingerprint density at radius 1 is 1.32 bits per heavy atom. The number of carbonyl (C=O) groups is 1. The van der Waals surface area contributed by atoms with Crippen molar-refractivity contribution < 1.29 is 9.53 Å². The fourth-order valence-electron chi connectivity index (χ4n) is 2.66. The van der Waals surface area contributed by atoms with Crippen molar-refractivity contribution >= 4 is 11.6 Å². The summed E-state index contributed by atoms with van der Waals surface area (Å²) < 4.78 is 5.96. The van der Waals surface area contributed by atoms with E-state index in [9.17, 15) is 4.79 Å². The minimum atomic E-state index is -0.411. The van der Waals surface area contributed by atoms with Crippen molar-refractivity contribution in [2.75, 3.05) is 18.0 Å². The van der Waals surface area contributed by atoms with Crippen molar-refractivity contribution in [3.8, 4) is 5.75 Å². The zero-order valence-corrected chi connectivity index (χ0v) is 14.3. The van der Waals surface area contributed by atoms with E-state index in [1.54, 1.807) is 0 Å². The number of nitrogens with zero attached hydrogens (tertiary/aromatic N) is 1. The van der Waals surface area contributed by atoms with E-state index >= 15 is 0 Å². The fourth-order valence-corrected chi connectivity index (χ4v) is 2.66. The summed E-state index contributed by atoms with van der Waals surface area (Å²) in [5.41, 5.74) is 7.74. The standard InChI is InChI=1S/C18H28N2O2/c1-12(2)16-17(21)20(10-6-9-19)14-11-13(18(3,4)5)7-8-15(14)22-16/h7-8,11-12,16H,6,9-10,19H2,1-5H3. The summed E-state index contributed by atoms with van der Waals surface area (Å²) in [6.45, 7) is 11.7. The Morgan fingerprint density at radius 2 is 2.00 bits per heavy atom. The summed E-state index contributed by atoms with van der Waals surface area (Å²) in [5.74, 6) is 0.980. The first kappa shape index (κ1) is 16.8. The lowest BCUT2D eigenvalue weighted by Gasteiger charge is -2.37. The van der Waals surface area contributed by atoms with Crippen molar-refractivity contribution in [3.63, 3.8) is 0 Å². The zero-order chi connectivity index (χ0) is 16.5. The highest BCUT2D eigenvalue weighted by Gasteiger charge is 2.36. The molecule has 1 heterocycles.